The Morgan fingerprint density at radius 1 is 1.03 bits per heavy atom. The molecule has 0 saturated carbocycles. The average molecular weight is 402 g/mol. The molecule has 7 heteroatoms. The summed E-state index contributed by atoms with van der Waals surface area (Å²) in [6.45, 7) is 2.08. The number of unbranched alkanes of at least 4 members (excludes halogenated alkanes) is 1. The minimum atomic E-state index is -4.47. The van der Waals surface area contributed by atoms with Crippen LogP contribution in [0.5, 0.6) is 0 Å². The number of Topliss-reactive ketones (excluding diaryl/α,β-unsaturated/α-hetero) is 1. The third-order valence-electron chi connectivity index (χ3n) is 4.54. The highest BCUT2D eigenvalue weighted by molar-refractivity contribution is 5.83. The van der Waals surface area contributed by atoms with Crippen molar-refractivity contribution in [3.05, 3.63) is 71.1 Å². The number of aromatic nitrogens is 2. The second kappa shape index (κ2) is 9.03. The number of hydrogen-bond donors (Lipinski definition) is 0. The molecule has 29 heavy (non-hydrogen) atoms. The fourth-order valence-electron chi connectivity index (χ4n) is 3.03. The van der Waals surface area contributed by atoms with Crippen LogP contribution in [0.2, 0.25) is 0 Å². The summed E-state index contributed by atoms with van der Waals surface area (Å²) in [4.78, 5) is 16.7. The first kappa shape index (κ1) is 20.8. The molecule has 0 saturated heterocycles. The number of aryl methyl sites for hydroxylation is 1. The quantitative estimate of drug-likeness (QED) is 0.503. The molecule has 0 bridgehead atoms. The number of halogens is 3. The van der Waals surface area contributed by atoms with Gasteiger partial charge in [0.1, 0.15) is 5.78 Å². The second-order valence-electron chi connectivity index (χ2n) is 6.86. The van der Waals surface area contributed by atoms with Gasteiger partial charge in [0.2, 0.25) is 11.7 Å². The predicted molar refractivity (Wildman–Crippen MR) is 102 cm³/mol. The number of rotatable bonds is 8. The van der Waals surface area contributed by atoms with Crippen molar-refractivity contribution in [3.63, 3.8) is 0 Å². The Bertz CT molecular complexity index is 963. The van der Waals surface area contributed by atoms with Gasteiger partial charge in [-0.05, 0) is 23.6 Å². The van der Waals surface area contributed by atoms with Crippen LogP contribution in [0.15, 0.2) is 53.1 Å². The number of nitrogens with zero attached hydrogens (tertiary/aromatic N) is 2. The van der Waals surface area contributed by atoms with Gasteiger partial charge >= 0.3 is 6.18 Å². The van der Waals surface area contributed by atoms with Crippen molar-refractivity contribution in [2.24, 2.45) is 0 Å². The molecular formula is C22H21F3N2O2. The van der Waals surface area contributed by atoms with Crippen molar-refractivity contribution in [2.75, 3.05) is 0 Å². The van der Waals surface area contributed by atoms with Gasteiger partial charge in [0, 0.05) is 24.8 Å². The maximum atomic E-state index is 13.1. The van der Waals surface area contributed by atoms with Crippen LogP contribution in [0.25, 0.3) is 11.4 Å². The molecule has 3 rings (SSSR count). The molecule has 0 aliphatic heterocycles. The number of hydrogen-bond acceptors (Lipinski definition) is 4. The fraction of sp³-hybridized carbons (Fsp3) is 0.318. The second-order valence-corrected chi connectivity index (χ2v) is 6.86. The molecule has 4 nitrogen and oxygen atoms in total. The smallest absolute Gasteiger partial charge is 0.339 e. The normalized spacial score (nSPS) is 11.6. The Morgan fingerprint density at radius 2 is 1.76 bits per heavy atom. The van der Waals surface area contributed by atoms with Crippen molar-refractivity contribution in [2.45, 2.75) is 45.2 Å². The Kier molecular flexibility index (Phi) is 6.46. The Labute approximate surface area is 166 Å². The molecule has 0 amide bonds. The SMILES string of the molecule is CCCCc1nc(-c2ccc(CC(=O)Cc3ccccc3C(F)(F)F)cc2)no1. The first-order chi connectivity index (χ1) is 13.9. The molecule has 1 aromatic heterocycles. The van der Waals surface area contributed by atoms with E-state index < -0.39 is 11.7 Å². The molecule has 2 aromatic carbocycles. The monoisotopic (exact) mass is 402 g/mol. The Hall–Kier alpha value is -2.96. The van der Waals surface area contributed by atoms with Crippen molar-refractivity contribution in [1.29, 1.82) is 0 Å². The van der Waals surface area contributed by atoms with Crippen LogP contribution in [0, 0.1) is 0 Å². The molecule has 0 aliphatic carbocycles. The van der Waals surface area contributed by atoms with Gasteiger partial charge in [-0.15, -0.1) is 0 Å². The maximum absolute atomic E-state index is 13.1. The first-order valence-electron chi connectivity index (χ1n) is 9.45. The molecule has 3 aromatic rings. The summed E-state index contributed by atoms with van der Waals surface area (Å²) in [6, 6.07) is 12.2. The van der Waals surface area contributed by atoms with E-state index in [-0.39, 0.29) is 24.2 Å². The average Bonchev–Trinajstić information content (AvgIpc) is 3.15. The maximum Gasteiger partial charge on any atom is 0.416 e. The largest absolute Gasteiger partial charge is 0.416 e. The van der Waals surface area contributed by atoms with E-state index >= 15 is 0 Å². The van der Waals surface area contributed by atoms with E-state index in [1.165, 1.54) is 18.2 Å². The van der Waals surface area contributed by atoms with Crippen molar-refractivity contribution in [1.82, 2.24) is 10.1 Å². The van der Waals surface area contributed by atoms with E-state index in [0.29, 0.717) is 11.7 Å². The highest BCUT2D eigenvalue weighted by atomic mass is 19.4. The van der Waals surface area contributed by atoms with Crippen LogP contribution < -0.4 is 0 Å². The number of carbonyl (C=O) groups excluding carboxylic acids is 1. The topological polar surface area (TPSA) is 56.0 Å². The third kappa shape index (κ3) is 5.53. The first-order valence-corrected chi connectivity index (χ1v) is 9.45. The summed E-state index contributed by atoms with van der Waals surface area (Å²) >= 11 is 0. The van der Waals surface area contributed by atoms with Crippen LogP contribution in [0.3, 0.4) is 0 Å². The summed E-state index contributed by atoms with van der Waals surface area (Å²) in [6.07, 6.45) is -1.94. The molecule has 0 atom stereocenters. The van der Waals surface area contributed by atoms with Gasteiger partial charge in [0.25, 0.3) is 0 Å². The molecule has 0 radical (unpaired) electrons. The number of benzene rings is 2. The zero-order chi connectivity index (χ0) is 20.9. The van der Waals surface area contributed by atoms with Gasteiger partial charge in [-0.2, -0.15) is 18.2 Å². The molecule has 0 N–H and O–H groups in total. The summed E-state index contributed by atoms with van der Waals surface area (Å²) in [5.74, 6) is 0.786. The minimum absolute atomic E-state index is 0.00646. The lowest BCUT2D eigenvalue weighted by Crippen LogP contribution is -2.13. The van der Waals surface area contributed by atoms with E-state index in [0.717, 1.165) is 36.5 Å². The zero-order valence-electron chi connectivity index (χ0n) is 16.0. The van der Waals surface area contributed by atoms with Gasteiger partial charge in [-0.25, -0.2) is 0 Å². The summed E-state index contributed by atoms with van der Waals surface area (Å²) < 4.78 is 44.4. The minimum Gasteiger partial charge on any atom is -0.339 e. The lowest BCUT2D eigenvalue weighted by molar-refractivity contribution is -0.138. The summed E-state index contributed by atoms with van der Waals surface area (Å²) in [5, 5.41) is 3.96. The van der Waals surface area contributed by atoms with Crippen molar-refractivity contribution in [3.8, 4) is 11.4 Å². The van der Waals surface area contributed by atoms with Crippen LogP contribution >= 0.6 is 0 Å². The van der Waals surface area contributed by atoms with E-state index in [1.54, 1.807) is 24.3 Å². The number of alkyl halides is 3. The lowest BCUT2D eigenvalue weighted by atomic mass is 9.98. The van der Waals surface area contributed by atoms with E-state index in [4.69, 9.17) is 4.52 Å². The summed E-state index contributed by atoms with van der Waals surface area (Å²) in [5.41, 5.74) is 0.709. The molecule has 152 valence electrons. The van der Waals surface area contributed by atoms with Gasteiger partial charge in [-0.3, -0.25) is 4.79 Å². The van der Waals surface area contributed by atoms with Crippen LogP contribution in [0.1, 0.15) is 42.3 Å². The predicted octanol–water partition coefficient (Wildman–Crippen LogP) is 5.45. The van der Waals surface area contributed by atoms with E-state index in [9.17, 15) is 18.0 Å². The van der Waals surface area contributed by atoms with Gasteiger partial charge in [0.05, 0.1) is 5.56 Å². The van der Waals surface area contributed by atoms with Crippen molar-refractivity contribution < 1.29 is 22.5 Å². The van der Waals surface area contributed by atoms with Crippen LogP contribution in [-0.4, -0.2) is 15.9 Å². The molecule has 0 unspecified atom stereocenters. The third-order valence-corrected chi connectivity index (χ3v) is 4.54. The van der Waals surface area contributed by atoms with Gasteiger partial charge < -0.3 is 4.52 Å². The molecule has 0 fully saturated rings. The van der Waals surface area contributed by atoms with Gasteiger partial charge in [0.15, 0.2) is 0 Å². The standard InChI is InChI=1S/C22H21F3N2O2/c1-2-3-8-20-26-21(27-29-20)16-11-9-15(10-12-16)13-18(28)14-17-6-4-5-7-19(17)22(23,24)25/h4-7,9-12H,2-3,8,13-14H2,1H3. The fourth-order valence-corrected chi connectivity index (χ4v) is 3.03. The molecule has 0 spiro atoms. The van der Waals surface area contributed by atoms with E-state index in [1.807, 2.05) is 0 Å². The van der Waals surface area contributed by atoms with Crippen molar-refractivity contribution >= 4 is 5.78 Å². The molecule has 0 aliphatic rings. The molecule has 1 heterocycles. The van der Waals surface area contributed by atoms with Crippen LogP contribution in [0.4, 0.5) is 13.2 Å². The van der Waals surface area contributed by atoms with Crippen LogP contribution in [-0.2, 0) is 30.2 Å². The van der Waals surface area contributed by atoms with Gasteiger partial charge in [-0.1, -0.05) is 61.0 Å². The summed E-state index contributed by atoms with van der Waals surface area (Å²) in [7, 11) is 0. The highest BCUT2D eigenvalue weighted by Gasteiger charge is 2.33. The zero-order valence-corrected chi connectivity index (χ0v) is 16.0. The molecular weight excluding hydrogens is 381 g/mol. The number of carbonyl (C=O) groups is 1. The lowest BCUT2D eigenvalue weighted by Gasteiger charge is -2.12. The Morgan fingerprint density at radius 3 is 2.45 bits per heavy atom. The number of ketones is 1. The Balaban J connectivity index is 1.64. The highest BCUT2D eigenvalue weighted by Crippen LogP contribution is 2.32. The van der Waals surface area contributed by atoms with E-state index in [2.05, 4.69) is 17.1 Å².